The maximum Gasteiger partial charge on any atom is 0.0168 e. The van der Waals surface area contributed by atoms with Crippen LogP contribution >= 0.6 is 0 Å². The lowest BCUT2D eigenvalue weighted by Crippen LogP contribution is -2.45. The topological polar surface area (TPSA) is 29.3 Å². The molecule has 0 aromatic heterocycles. The van der Waals surface area contributed by atoms with Crippen LogP contribution in [0.15, 0.2) is 11.6 Å². The van der Waals surface area contributed by atoms with Gasteiger partial charge >= 0.3 is 0 Å². The number of likely N-dealkylation sites (tertiary alicyclic amines) is 1. The van der Waals surface area contributed by atoms with Gasteiger partial charge in [0.25, 0.3) is 0 Å². The molecule has 1 saturated heterocycles. The predicted octanol–water partition coefficient (Wildman–Crippen LogP) is 1.76. The van der Waals surface area contributed by atoms with Crippen LogP contribution in [0.5, 0.6) is 0 Å². The van der Waals surface area contributed by atoms with Crippen molar-refractivity contribution in [2.24, 2.45) is 5.73 Å². The van der Waals surface area contributed by atoms with Crippen LogP contribution in [-0.4, -0.2) is 30.1 Å². The zero-order valence-electron chi connectivity index (χ0n) is 9.09. The Kier molecular flexibility index (Phi) is 3.94. The average molecular weight is 182 g/mol. The van der Waals surface area contributed by atoms with Gasteiger partial charge in [-0.3, -0.25) is 4.90 Å². The Morgan fingerprint density at radius 1 is 1.54 bits per heavy atom. The Morgan fingerprint density at radius 3 is 2.77 bits per heavy atom. The van der Waals surface area contributed by atoms with Crippen molar-refractivity contribution in [3.05, 3.63) is 11.6 Å². The SMILES string of the molecule is CC(C)=CCN1CCC(N)CC1C. The van der Waals surface area contributed by atoms with Gasteiger partial charge in [-0.2, -0.15) is 0 Å². The Balaban J connectivity index is 2.38. The van der Waals surface area contributed by atoms with Crippen LogP contribution in [0.1, 0.15) is 33.6 Å². The monoisotopic (exact) mass is 182 g/mol. The van der Waals surface area contributed by atoms with Gasteiger partial charge in [-0.05, 0) is 33.6 Å². The highest BCUT2D eigenvalue weighted by Gasteiger charge is 2.21. The van der Waals surface area contributed by atoms with E-state index in [0.717, 1.165) is 25.9 Å². The van der Waals surface area contributed by atoms with E-state index in [1.165, 1.54) is 5.57 Å². The van der Waals surface area contributed by atoms with Gasteiger partial charge in [0, 0.05) is 25.2 Å². The molecule has 0 spiro atoms. The molecule has 76 valence electrons. The number of hydrogen-bond acceptors (Lipinski definition) is 2. The lowest BCUT2D eigenvalue weighted by atomic mass is 9.99. The van der Waals surface area contributed by atoms with Crippen LogP contribution in [0.25, 0.3) is 0 Å². The van der Waals surface area contributed by atoms with Crippen LogP contribution in [0.2, 0.25) is 0 Å². The van der Waals surface area contributed by atoms with Crippen molar-refractivity contribution in [2.75, 3.05) is 13.1 Å². The first-order valence-electron chi connectivity index (χ1n) is 5.22. The molecule has 0 bridgehead atoms. The summed E-state index contributed by atoms with van der Waals surface area (Å²) in [6.07, 6.45) is 4.60. The molecule has 0 amide bonds. The van der Waals surface area contributed by atoms with Gasteiger partial charge in [-0.1, -0.05) is 11.6 Å². The van der Waals surface area contributed by atoms with E-state index in [1.807, 2.05) is 0 Å². The lowest BCUT2D eigenvalue weighted by Gasteiger charge is -2.35. The summed E-state index contributed by atoms with van der Waals surface area (Å²) in [5.41, 5.74) is 7.31. The molecule has 1 fully saturated rings. The first kappa shape index (κ1) is 10.7. The maximum absolute atomic E-state index is 5.90. The third-order valence-corrected chi connectivity index (χ3v) is 2.79. The summed E-state index contributed by atoms with van der Waals surface area (Å²) in [6, 6.07) is 1.08. The Hall–Kier alpha value is -0.340. The second-order valence-electron chi connectivity index (χ2n) is 4.41. The molecule has 1 aliphatic heterocycles. The van der Waals surface area contributed by atoms with Crippen LogP contribution in [-0.2, 0) is 0 Å². The Bertz CT molecular complexity index is 183. The number of nitrogens with zero attached hydrogens (tertiary/aromatic N) is 1. The molecule has 2 N–H and O–H groups in total. The fourth-order valence-electron chi connectivity index (χ4n) is 1.83. The molecule has 0 aromatic carbocycles. The van der Waals surface area contributed by atoms with Gasteiger partial charge in [-0.25, -0.2) is 0 Å². The summed E-state index contributed by atoms with van der Waals surface area (Å²) >= 11 is 0. The number of piperidine rings is 1. The summed E-state index contributed by atoms with van der Waals surface area (Å²) in [5.74, 6) is 0. The summed E-state index contributed by atoms with van der Waals surface area (Å²) in [7, 11) is 0. The molecule has 2 atom stereocenters. The minimum atomic E-state index is 0.429. The van der Waals surface area contributed by atoms with Crippen LogP contribution in [0, 0.1) is 0 Å². The fourth-order valence-corrected chi connectivity index (χ4v) is 1.83. The van der Waals surface area contributed by atoms with E-state index in [1.54, 1.807) is 0 Å². The van der Waals surface area contributed by atoms with Crippen molar-refractivity contribution in [3.8, 4) is 0 Å². The normalized spacial score (nSPS) is 30.2. The molecule has 2 nitrogen and oxygen atoms in total. The smallest absolute Gasteiger partial charge is 0.0168 e. The van der Waals surface area contributed by atoms with E-state index in [0.29, 0.717) is 12.1 Å². The van der Waals surface area contributed by atoms with Gasteiger partial charge in [0.2, 0.25) is 0 Å². The molecule has 0 aromatic rings. The molecule has 0 aliphatic carbocycles. The molecular formula is C11H22N2. The van der Waals surface area contributed by atoms with E-state index in [9.17, 15) is 0 Å². The van der Waals surface area contributed by atoms with Crippen molar-refractivity contribution < 1.29 is 0 Å². The van der Waals surface area contributed by atoms with Crippen molar-refractivity contribution in [1.29, 1.82) is 0 Å². The zero-order valence-corrected chi connectivity index (χ0v) is 9.09. The molecule has 0 saturated carbocycles. The lowest BCUT2D eigenvalue weighted by molar-refractivity contribution is 0.164. The van der Waals surface area contributed by atoms with E-state index >= 15 is 0 Å². The summed E-state index contributed by atoms with van der Waals surface area (Å²) in [6.45, 7) is 8.83. The van der Waals surface area contributed by atoms with Crippen molar-refractivity contribution >= 4 is 0 Å². The van der Waals surface area contributed by atoms with E-state index < -0.39 is 0 Å². The fraction of sp³-hybridized carbons (Fsp3) is 0.818. The molecule has 2 heteroatoms. The summed E-state index contributed by atoms with van der Waals surface area (Å²) in [5, 5.41) is 0. The quantitative estimate of drug-likeness (QED) is 0.659. The molecule has 1 heterocycles. The molecule has 2 unspecified atom stereocenters. The van der Waals surface area contributed by atoms with Gasteiger partial charge in [-0.15, -0.1) is 0 Å². The molecular weight excluding hydrogens is 160 g/mol. The zero-order chi connectivity index (χ0) is 9.84. The maximum atomic E-state index is 5.90. The Labute approximate surface area is 81.8 Å². The molecule has 1 rings (SSSR count). The second kappa shape index (κ2) is 4.77. The minimum Gasteiger partial charge on any atom is -0.328 e. The van der Waals surface area contributed by atoms with Crippen molar-refractivity contribution in [1.82, 2.24) is 4.90 Å². The van der Waals surface area contributed by atoms with Gasteiger partial charge < -0.3 is 5.73 Å². The standard InChI is InChI=1S/C11H22N2/c1-9(2)4-6-13-7-5-11(12)8-10(13)3/h4,10-11H,5-8,12H2,1-3H3. The summed E-state index contributed by atoms with van der Waals surface area (Å²) < 4.78 is 0. The number of allylic oxidation sites excluding steroid dienone is 1. The molecule has 0 radical (unpaired) electrons. The number of nitrogens with two attached hydrogens (primary N) is 1. The van der Waals surface area contributed by atoms with Crippen LogP contribution in [0.4, 0.5) is 0 Å². The third kappa shape index (κ3) is 3.49. The largest absolute Gasteiger partial charge is 0.328 e. The minimum absolute atomic E-state index is 0.429. The van der Waals surface area contributed by atoms with Gasteiger partial charge in [0.1, 0.15) is 0 Å². The summed E-state index contributed by atoms with van der Waals surface area (Å²) in [4.78, 5) is 2.51. The van der Waals surface area contributed by atoms with Crippen LogP contribution < -0.4 is 5.73 Å². The highest BCUT2D eigenvalue weighted by atomic mass is 15.2. The van der Waals surface area contributed by atoms with Crippen molar-refractivity contribution in [2.45, 2.75) is 45.7 Å². The number of rotatable bonds is 2. The molecule has 1 aliphatic rings. The van der Waals surface area contributed by atoms with E-state index in [2.05, 4.69) is 31.7 Å². The highest BCUT2D eigenvalue weighted by molar-refractivity contribution is 4.96. The van der Waals surface area contributed by atoms with Crippen LogP contribution in [0.3, 0.4) is 0 Å². The van der Waals surface area contributed by atoms with E-state index in [4.69, 9.17) is 5.73 Å². The Morgan fingerprint density at radius 2 is 2.23 bits per heavy atom. The molecule has 13 heavy (non-hydrogen) atoms. The second-order valence-corrected chi connectivity index (χ2v) is 4.41. The third-order valence-electron chi connectivity index (χ3n) is 2.79. The number of hydrogen-bond donors (Lipinski definition) is 1. The van der Waals surface area contributed by atoms with E-state index in [-0.39, 0.29) is 0 Å². The van der Waals surface area contributed by atoms with Gasteiger partial charge in [0.15, 0.2) is 0 Å². The first-order valence-corrected chi connectivity index (χ1v) is 5.22. The first-order chi connectivity index (χ1) is 6.09. The predicted molar refractivity (Wildman–Crippen MR) is 57.7 cm³/mol. The highest BCUT2D eigenvalue weighted by Crippen LogP contribution is 2.15. The average Bonchev–Trinajstić information content (AvgIpc) is 2.02. The van der Waals surface area contributed by atoms with Gasteiger partial charge in [0.05, 0.1) is 0 Å². The van der Waals surface area contributed by atoms with Crippen molar-refractivity contribution in [3.63, 3.8) is 0 Å².